The van der Waals surface area contributed by atoms with E-state index < -0.39 is 5.76 Å². The van der Waals surface area contributed by atoms with E-state index >= 15 is 0 Å². The van der Waals surface area contributed by atoms with Gasteiger partial charge in [0.25, 0.3) is 0 Å². The molecule has 62 valence electrons. The zero-order valence-electron chi connectivity index (χ0n) is 6.16. The molecule has 0 atom stereocenters. The van der Waals surface area contributed by atoms with Gasteiger partial charge in [-0.25, -0.2) is 9.78 Å². The summed E-state index contributed by atoms with van der Waals surface area (Å²) in [6, 6.07) is 0. The van der Waals surface area contributed by atoms with Crippen molar-refractivity contribution in [2.75, 3.05) is 0 Å². The zero-order chi connectivity index (χ0) is 8.55. The Labute approximate surface area is 65.8 Å². The number of H-pyrrole nitrogens is 2. The summed E-state index contributed by atoms with van der Waals surface area (Å²) in [6.07, 6.45) is 0. The van der Waals surface area contributed by atoms with Crippen LogP contribution in [0.2, 0.25) is 0 Å². The van der Waals surface area contributed by atoms with E-state index in [0.29, 0.717) is 11.6 Å². The van der Waals surface area contributed by atoms with E-state index in [0.717, 1.165) is 0 Å². The summed E-state index contributed by atoms with van der Waals surface area (Å²) in [6.45, 7) is 1.74. The van der Waals surface area contributed by atoms with Crippen molar-refractivity contribution in [2.45, 2.75) is 6.92 Å². The van der Waals surface area contributed by atoms with Gasteiger partial charge in [0.2, 0.25) is 11.6 Å². The Kier molecular flexibility index (Phi) is 1.29. The average molecular weight is 167 g/mol. The molecule has 7 heteroatoms. The van der Waals surface area contributed by atoms with Crippen LogP contribution in [-0.4, -0.2) is 25.3 Å². The van der Waals surface area contributed by atoms with E-state index in [4.69, 9.17) is 0 Å². The molecule has 0 bridgehead atoms. The van der Waals surface area contributed by atoms with E-state index in [9.17, 15) is 4.79 Å². The van der Waals surface area contributed by atoms with Crippen molar-refractivity contribution < 1.29 is 4.52 Å². The predicted molar refractivity (Wildman–Crippen MR) is 37.2 cm³/mol. The highest BCUT2D eigenvalue weighted by Crippen LogP contribution is 2.04. The molecule has 0 aliphatic carbocycles. The second-order valence-corrected chi connectivity index (χ2v) is 2.19. The van der Waals surface area contributed by atoms with E-state index in [1.165, 1.54) is 0 Å². The molecular weight excluding hydrogens is 162 g/mol. The van der Waals surface area contributed by atoms with Crippen LogP contribution in [0.5, 0.6) is 0 Å². The highest BCUT2D eigenvalue weighted by molar-refractivity contribution is 5.39. The summed E-state index contributed by atoms with van der Waals surface area (Å²) >= 11 is 0. The van der Waals surface area contributed by atoms with E-state index in [2.05, 4.69) is 29.8 Å². The number of hydrogen-bond donors (Lipinski definition) is 2. The third-order valence-electron chi connectivity index (χ3n) is 1.25. The van der Waals surface area contributed by atoms with Crippen molar-refractivity contribution in [3.8, 4) is 11.6 Å². The van der Waals surface area contributed by atoms with Gasteiger partial charge in [0.05, 0.1) is 0 Å². The minimum Gasteiger partial charge on any atom is -0.295 e. The lowest BCUT2D eigenvalue weighted by atomic mass is 10.6. The fourth-order valence-corrected chi connectivity index (χ4v) is 0.775. The fourth-order valence-electron chi connectivity index (χ4n) is 0.775. The second kappa shape index (κ2) is 2.29. The Morgan fingerprint density at radius 1 is 1.50 bits per heavy atom. The first kappa shape index (κ1) is 6.77. The number of hydrogen-bond acceptors (Lipinski definition) is 5. The van der Waals surface area contributed by atoms with Gasteiger partial charge in [-0.2, -0.15) is 0 Å². The number of aryl methyl sites for hydroxylation is 1. The lowest BCUT2D eigenvalue weighted by Gasteiger charge is -1.78. The van der Waals surface area contributed by atoms with Gasteiger partial charge in [-0.05, 0) is 6.92 Å². The Morgan fingerprint density at radius 3 is 2.83 bits per heavy atom. The van der Waals surface area contributed by atoms with Gasteiger partial charge >= 0.3 is 5.76 Å². The van der Waals surface area contributed by atoms with E-state index in [-0.39, 0.29) is 5.82 Å². The van der Waals surface area contributed by atoms with Crippen LogP contribution in [0.1, 0.15) is 5.82 Å². The third kappa shape index (κ3) is 1.00. The number of aromatic amines is 2. The molecule has 0 aliphatic rings. The molecule has 0 aromatic carbocycles. The number of nitrogens with one attached hydrogen (secondary N) is 2. The molecule has 0 unspecified atom stereocenters. The number of aromatic nitrogens is 5. The number of nitrogens with zero attached hydrogens (tertiary/aromatic N) is 3. The van der Waals surface area contributed by atoms with Crippen LogP contribution in [0.15, 0.2) is 9.32 Å². The van der Waals surface area contributed by atoms with E-state index in [1.807, 2.05) is 0 Å². The molecule has 0 aliphatic heterocycles. The first-order chi connectivity index (χ1) is 5.75. The summed E-state index contributed by atoms with van der Waals surface area (Å²) < 4.78 is 4.27. The lowest BCUT2D eigenvalue weighted by molar-refractivity contribution is 0.387. The molecule has 0 radical (unpaired) electrons. The first-order valence-corrected chi connectivity index (χ1v) is 3.21. The smallest absolute Gasteiger partial charge is 0.295 e. The fraction of sp³-hybridized carbons (Fsp3) is 0.200. The molecule has 0 spiro atoms. The first-order valence-electron chi connectivity index (χ1n) is 3.21. The quantitative estimate of drug-likeness (QED) is 0.593. The van der Waals surface area contributed by atoms with Gasteiger partial charge in [0, 0.05) is 0 Å². The molecule has 2 heterocycles. The summed E-state index contributed by atoms with van der Waals surface area (Å²) in [5.41, 5.74) is 0. The Hall–Kier alpha value is -1.92. The molecule has 2 N–H and O–H groups in total. The maximum absolute atomic E-state index is 10.5. The third-order valence-corrected chi connectivity index (χ3v) is 1.25. The van der Waals surface area contributed by atoms with E-state index in [1.54, 1.807) is 6.92 Å². The highest BCUT2D eigenvalue weighted by atomic mass is 16.5. The normalized spacial score (nSPS) is 10.4. The van der Waals surface area contributed by atoms with Crippen molar-refractivity contribution in [1.29, 1.82) is 0 Å². The molecule has 7 nitrogen and oxygen atoms in total. The molecule has 0 amide bonds. The predicted octanol–water partition coefficient (Wildman–Crippen LogP) is -0.544. The van der Waals surface area contributed by atoms with Gasteiger partial charge in [-0.15, -0.1) is 5.10 Å². The lowest BCUT2D eigenvalue weighted by Crippen LogP contribution is -1.95. The topological polar surface area (TPSA) is 100 Å². The van der Waals surface area contributed by atoms with Crippen molar-refractivity contribution in [3.63, 3.8) is 0 Å². The Balaban J connectivity index is 2.50. The molecule has 0 saturated heterocycles. The van der Waals surface area contributed by atoms with Crippen molar-refractivity contribution >= 4 is 0 Å². The van der Waals surface area contributed by atoms with Crippen LogP contribution >= 0.6 is 0 Å². The van der Waals surface area contributed by atoms with Gasteiger partial charge in [-0.3, -0.25) is 14.6 Å². The molecule has 2 rings (SSSR count). The molecule has 12 heavy (non-hydrogen) atoms. The van der Waals surface area contributed by atoms with Crippen molar-refractivity contribution in [2.24, 2.45) is 0 Å². The summed E-state index contributed by atoms with van der Waals surface area (Å²) in [7, 11) is 0. The van der Waals surface area contributed by atoms with Crippen LogP contribution < -0.4 is 5.76 Å². The second-order valence-electron chi connectivity index (χ2n) is 2.19. The molecule has 2 aromatic rings. The summed E-state index contributed by atoms with van der Waals surface area (Å²) in [5, 5.41) is 9.79. The van der Waals surface area contributed by atoms with Crippen LogP contribution in [0.25, 0.3) is 11.6 Å². The maximum Gasteiger partial charge on any atom is 0.439 e. The zero-order valence-corrected chi connectivity index (χ0v) is 6.16. The van der Waals surface area contributed by atoms with Gasteiger partial charge in [0.15, 0.2) is 0 Å². The minimum atomic E-state index is -0.618. The monoisotopic (exact) mass is 167 g/mol. The van der Waals surface area contributed by atoms with Crippen molar-refractivity contribution in [3.05, 3.63) is 16.4 Å². The Bertz CT molecular complexity index is 438. The summed E-state index contributed by atoms with van der Waals surface area (Å²) in [5.74, 6) is 0.573. The van der Waals surface area contributed by atoms with Crippen LogP contribution in [-0.2, 0) is 0 Å². The Morgan fingerprint density at radius 2 is 2.33 bits per heavy atom. The van der Waals surface area contributed by atoms with Gasteiger partial charge in [-0.1, -0.05) is 5.16 Å². The van der Waals surface area contributed by atoms with Gasteiger partial charge < -0.3 is 0 Å². The molecular formula is C5H5N5O2. The molecule has 2 aromatic heterocycles. The van der Waals surface area contributed by atoms with Crippen LogP contribution in [0.4, 0.5) is 0 Å². The summed E-state index contributed by atoms with van der Waals surface area (Å²) in [4.78, 5) is 16.8. The standard InChI is InChI=1S/C5H5N5O2/c1-2-6-3(9-8-2)4-7-5(11)12-10-4/h1H3,(H,6,8,9)(H,7,10,11). The van der Waals surface area contributed by atoms with Gasteiger partial charge in [0.1, 0.15) is 5.82 Å². The number of rotatable bonds is 1. The minimum absolute atomic E-state index is 0.226. The van der Waals surface area contributed by atoms with Crippen LogP contribution in [0, 0.1) is 6.92 Å². The maximum atomic E-state index is 10.5. The largest absolute Gasteiger partial charge is 0.439 e. The van der Waals surface area contributed by atoms with Crippen molar-refractivity contribution in [1.82, 2.24) is 25.3 Å². The average Bonchev–Trinajstić information content (AvgIpc) is 2.58. The highest BCUT2D eigenvalue weighted by Gasteiger charge is 2.08. The molecule has 0 saturated carbocycles. The van der Waals surface area contributed by atoms with Crippen LogP contribution in [0.3, 0.4) is 0 Å². The SMILES string of the molecule is Cc1nc(-c2noc(=O)[nH]2)n[nH]1. The molecule has 0 fully saturated rings.